The lowest BCUT2D eigenvalue weighted by Gasteiger charge is -2.15. The Morgan fingerprint density at radius 3 is 2.63 bits per heavy atom. The zero-order valence-corrected chi connectivity index (χ0v) is 11.6. The van der Waals surface area contributed by atoms with Gasteiger partial charge in [-0.2, -0.15) is 9.61 Å². The second-order valence-electron chi connectivity index (χ2n) is 5.20. The molecule has 0 amide bonds. The summed E-state index contributed by atoms with van der Waals surface area (Å²) < 4.78 is 1.56. The Morgan fingerprint density at radius 2 is 2.11 bits per heavy atom. The summed E-state index contributed by atoms with van der Waals surface area (Å²) in [6.45, 7) is 4.25. The molecular formula is C13H18N4O2. The molecule has 2 heterocycles. The average molecular weight is 262 g/mol. The van der Waals surface area contributed by atoms with Crippen molar-refractivity contribution in [3.8, 4) is 0 Å². The highest BCUT2D eigenvalue weighted by molar-refractivity contribution is 5.86. The number of aromatic carboxylic acids is 1. The molecule has 0 aliphatic carbocycles. The summed E-state index contributed by atoms with van der Waals surface area (Å²) in [7, 11) is 3.80. The van der Waals surface area contributed by atoms with E-state index in [1.807, 2.05) is 25.1 Å². The largest absolute Gasteiger partial charge is 0.476 e. The van der Waals surface area contributed by atoms with Crippen molar-refractivity contribution in [1.29, 1.82) is 0 Å². The number of carbonyl (C=O) groups is 1. The van der Waals surface area contributed by atoms with Crippen LogP contribution in [0, 0.1) is 5.92 Å². The van der Waals surface area contributed by atoms with E-state index >= 15 is 0 Å². The van der Waals surface area contributed by atoms with E-state index in [1.165, 1.54) is 6.07 Å². The molecule has 0 bridgehead atoms. The van der Waals surface area contributed by atoms with Crippen LogP contribution in [-0.2, 0) is 6.42 Å². The minimum absolute atomic E-state index is 0.0114. The van der Waals surface area contributed by atoms with Crippen LogP contribution < -0.4 is 4.90 Å². The van der Waals surface area contributed by atoms with E-state index in [1.54, 1.807) is 4.52 Å². The van der Waals surface area contributed by atoms with Gasteiger partial charge in [-0.1, -0.05) is 13.8 Å². The van der Waals surface area contributed by atoms with Crippen LogP contribution in [-0.4, -0.2) is 39.8 Å². The number of hydrogen-bond acceptors (Lipinski definition) is 4. The Morgan fingerprint density at radius 1 is 1.42 bits per heavy atom. The van der Waals surface area contributed by atoms with Crippen LogP contribution in [0.1, 0.15) is 30.0 Å². The number of rotatable bonds is 4. The molecule has 0 aromatic carbocycles. The van der Waals surface area contributed by atoms with Crippen molar-refractivity contribution in [3.05, 3.63) is 23.5 Å². The Balaban J connectivity index is 2.61. The molecule has 0 unspecified atom stereocenters. The summed E-state index contributed by atoms with van der Waals surface area (Å²) >= 11 is 0. The minimum atomic E-state index is -1.04. The van der Waals surface area contributed by atoms with Gasteiger partial charge in [0.15, 0.2) is 11.3 Å². The standard InChI is InChI=1S/C13H18N4O2/c1-8(2)5-9-6-12(16(3)4)17-11(14-9)7-10(15-17)13(18)19/h6-8H,5H2,1-4H3,(H,18,19). The molecule has 0 spiro atoms. The SMILES string of the molecule is CC(C)Cc1cc(N(C)C)n2nc(C(=O)O)cc2n1. The van der Waals surface area contributed by atoms with E-state index in [2.05, 4.69) is 23.9 Å². The number of fused-ring (bicyclic) bond motifs is 1. The molecule has 6 nitrogen and oxygen atoms in total. The third kappa shape index (κ3) is 2.67. The van der Waals surface area contributed by atoms with Crippen molar-refractivity contribution in [2.24, 2.45) is 5.92 Å². The highest BCUT2D eigenvalue weighted by Gasteiger charge is 2.15. The van der Waals surface area contributed by atoms with Crippen molar-refractivity contribution in [1.82, 2.24) is 14.6 Å². The average Bonchev–Trinajstić information content (AvgIpc) is 2.70. The van der Waals surface area contributed by atoms with Crippen LogP contribution in [0.2, 0.25) is 0 Å². The predicted octanol–water partition coefficient (Wildman–Crippen LogP) is 1.69. The first-order valence-electron chi connectivity index (χ1n) is 6.19. The molecule has 0 fully saturated rings. The van der Waals surface area contributed by atoms with Gasteiger partial charge in [-0.05, 0) is 12.3 Å². The monoisotopic (exact) mass is 262 g/mol. The lowest BCUT2D eigenvalue weighted by Crippen LogP contribution is -2.15. The van der Waals surface area contributed by atoms with Crippen LogP contribution in [0.5, 0.6) is 0 Å². The molecule has 0 saturated carbocycles. The summed E-state index contributed by atoms with van der Waals surface area (Å²) in [6.07, 6.45) is 0.852. The Hall–Kier alpha value is -2.11. The molecular weight excluding hydrogens is 244 g/mol. The first-order chi connectivity index (χ1) is 8.88. The third-order valence-corrected chi connectivity index (χ3v) is 2.76. The fraction of sp³-hybridized carbons (Fsp3) is 0.462. The van der Waals surface area contributed by atoms with Gasteiger partial charge in [-0.25, -0.2) is 9.78 Å². The summed E-state index contributed by atoms with van der Waals surface area (Å²) in [5.41, 5.74) is 1.53. The summed E-state index contributed by atoms with van der Waals surface area (Å²) in [5, 5.41) is 13.1. The molecule has 0 radical (unpaired) electrons. The number of carboxylic acids is 1. The van der Waals surface area contributed by atoms with Crippen LogP contribution in [0.15, 0.2) is 12.1 Å². The van der Waals surface area contributed by atoms with Crippen molar-refractivity contribution in [2.45, 2.75) is 20.3 Å². The zero-order valence-electron chi connectivity index (χ0n) is 11.6. The quantitative estimate of drug-likeness (QED) is 0.908. The van der Waals surface area contributed by atoms with Crippen LogP contribution in [0.25, 0.3) is 5.65 Å². The number of carboxylic acid groups (broad SMARTS) is 1. The molecule has 0 aliphatic heterocycles. The normalized spacial score (nSPS) is 11.2. The Bertz CT molecular complexity index is 616. The first kappa shape index (κ1) is 13.3. The minimum Gasteiger partial charge on any atom is -0.476 e. The van der Waals surface area contributed by atoms with Gasteiger partial charge in [0.25, 0.3) is 0 Å². The van der Waals surface area contributed by atoms with Gasteiger partial charge in [0, 0.05) is 31.9 Å². The van der Waals surface area contributed by atoms with Crippen LogP contribution in [0.4, 0.5) is 5.82 Å². The first-order valence-corrected chi connectivity index (χ1v) is 6.19. The maximum atomic E-state index is 11.0. The van der Waals surface area contributed by atoms with E-state index < -0.39 is 5.97 Å². The molecule has 2 aromatic heterocycles. The molecule has 0 atom stereocenters. The number of anilines is 1. The van der Waals surface area contributed by atoms with Crippen LogP contribution >= 0.6 is 0 Å². The molecule has 0 aliphatic rings. The highest BCUT2D eigenvalue weighted by Crippen LogP contribution is 2.18. The Labute approximate surface area is 111 Å². The molecule has 102 valence electrons. The fourth-order valence-corrected chi connectivity index (χ4v) is 1.95. The van der Waals surface area contributed by atoms with E-state index in [-0.39, 0.29) is 5.69 Å². The molecule has 0 saturated heterocycles. The van der Waals surface area contributed by atoms with Gasteiger partial charge in [-0.3, -0.25) is 0 Å². The van der Waals surface area contributed by atoms with Gasteiger partial charge in [0.2, 0.25) is 0 Å². The van der Waals surface area contributed by atoms with E-state index in [9.17, 15) is 4.79 Å². The smallest absolute Gasteiger partial charge is 0.356 e. The van der Waals surface area contributed by atoms with Crippen LogP contribution in [0.3, 0.4) is 0 Å². The lowest BCUT2D eigenvalue weighted by molar-refractivity contribution is 0.0690. The number of aromatic nitrogens is 3. The number of hydrogen-bond donors (Lipinski definition) is 1. The second kappa shape index (κ2) is 4.87. The second-order valence-corrected chi connectivity index (χ2v) is 5.20. The van der Waals surface area contributed by atoms with Gasteiger partial charge in [0.1, 0.15) is 5.82 Å². The summed E-state index contributed by atoms with van der Waals surface area (Å²) in [5.74, 6) is 0.278. The van der Waals surface area contributed by atoms with Gasteiger partial charge >= 0.3 is 5.97 Å². The molecule has 19 heavy (non-hydrogen) atoms. The van der Waals surface area contributed by atoms with Gasteiger partial charge < -0.3 is 10.0 Å². The Kier molecular flexibility index (Phi) is 3.42. The molecule has 6 heteroatoms. The van der Waals surface area contributed by atoms with E-state index in [0.29, 0.717) is 11.6 Å². The van der Waals surface area contributed by atoms with Crippen molar-refractivity contribution in [2.75, 3.05) is 19.0 Å². The lowest BCUT2D eigenvalue weighted by atomic mass is 10.1. The topological polar surface area (TPSA) is 70.7 Å². The van der Waals surface area contributed by atoms with Crippen molar-refractivity contribution < 1.29 is 9.90 Å². The van der Waals surface area contributed by atoms with Gasteiger partial charge in [0.05, 0.1) is 0 Å². The zero-order chi connectivity index (χ0) is 14.2. The molecule has 1 N–H and O–H groups in total. The summed E-state index contributed by atoms with van der Waals surface area (Å²) in [6, 6.07) is 3.45. The van der Waals surface area contributed by atoms with Crippen molar-refractivity contribution in [3.63, 3.8) is 0 Å². The maximum absolute atomic E-state index is 11.0. The highest BCUT2D eigenvalue weighted by atomic mass is 16.4. The summed E-state index contributed by atoms with van der Waals surface area (Å²) in [4.78, 5) is 17.4. The molecule has 2 rings (SSSR count). The molecule has 2 aromatic rings. The van der Waals surface area contributed by atoms with Gasteiger partial charge in [-0.15, -0.1) is 0 Å². The predicted molar refractivity (Wildman–Crippen MR) is 72.8 cm³/mol. The fourth-order valence-electron chi connectivity index (χ4n) is 1.95. The van der Waals surface area contributed by atoms with E-state index in [0.717, 1.165) is 17.9 Å². The number of nitrogens with zero attached hydrogens (tertiary/aromatic N) is 4. The maximum Gasteiger partial charge on any atom is 0.356 e. The van der Waals surface area contributed by atoms with E-state index in [4.69, 9.17) is 5.11 Å². The third-order valence-electron chi connectivity index (χ3n) is 2.76. The van der Waals surface area contributed by atoms with Crippen molar-refractivity contribution >= 4 is 17.4 Å².